The highest BCUT2D eigenvalue weighted by molar-refractivity contribution is 7.98. The second kappa shape index (κ2) is 8.36. The summed E-state index contributed by atoms with van der Waals surface area (Å²) >= 11 is 1.50. The molecule has 9 heteroatoms. The lowest BCUT2D eigenvalue weighted by atomic mass is 10.2. The van der Waals surface area contributed by atoms with E-state index >= 15 is 0 Å². The van der Waals surface area contributed by atoms with Crippen molar-refractivity contribution in [3.63, 3.8) is 0 Å². The summed E-state index contributed by atoms with van der Waals surface area (Å²) in [4.78, 5) is 4.45. The smallest absolute Gasteiger partial charge is 0.257 e. The van der Waals surface area contributed by atoms with Crippen LogP contribution in [0.15, 0.2) is 58.2 Å². The van der Waals surface area contributed by atoms with Gasteiger partial charge in [0, 0.05) is 18.2 Å². The normalized spacial score (nSPS) is 10.9. The lowest BCUT2D eigenvalue weighted by molar-refractivity contribution is 0.414. The van der Waals surface area contributed by atoms with Gasteiger partial charge in [0.15, 0.2) is 16.8 Å². The molecule has 2 aromatic heterocycles. The number of methoxy groups -OCH3 is 2. The number of rotatable bonds is 7. The molecule has 2 aromatic carbocycles. The first-order chi connectivity index (χ1) is 14.2. The molecular formula is C20H19N5O3S. The average molecular weight is 409 g/mol. The SMILES string of the molecule is COc1ccc(-c2nc(CSc3nnc(-c4ccc(OC)cc4)n3C)no2)cc1. The van der Waals surface area contributed by atoms with Crippen molar-refractivity contribution in [1.82, 2.24) is 24.9 Å². The third kappa shape index (κ3) is 4.09. The highest BCUT2D eigenvalue weighted by atomic mass is 32.2. The molecule has 0 spiro atoms. The van der Waals surface area contributed by atoms with E-state index in [2.05, 4.69) is 20.3 Å². The van der Waals surface area contributed by atoms with E-state index in [1.807, 2.05) is 60.1 Å². The molecule has 0 aliphatic carbocycles. The van der Waals surface area contributed by atoms with Gasteiger partial charge >= 0.3 is 0 Å². The molecule has 29 heavy (non-hydrogen) atoms. The molecule has 8 nitrogen and oxygen atoms in total. The average Bonchev–Trinajstić information content (AvgIpc) is 3.39. The summed E-state index contributed by atoms with van der Waals surface area (Å²) in [6, 6.07) is 15.2. The van der Waals surface area contributed by atoms with E-state index in [0.717, 1.165) is 33.6 Å². The van der Waals surface area contributed by atoms with Gasteiger partial charge in [0.25, 0.3) is 5.89 Å². The molecule has 4 aromatic rings. The second-order valence-electron chi connectivity index (χ2n) is 6.13. The summed E-state index contributed by atoms with van der Waals surface area (Å²) in [7, 11) is 5.20. The fraction of sp³-hybridized carbons (Fsp3) is 0.200. The van der Waals surface area contributed by atoms with E-state index in [0.29, 0.717) is 17.5 Å². The minimum Gasteiger partial charge on any atom is -0.497 e. The molecule has 0 aliphatic rings. The number of benzene rings is 2. The van der Waals surface area contributed by atoms with Crippen LogP contribution in [0.5, 0.6) is 11.5 Å². The predicted octanol–water partition coefficient (Wildman–Crippen LogP) is 3.84. The molecule has 0 saturated carbocycles. The maximum absolute atomic E-state index is 5.37. The van der Waals surface area contributed by atoms with E-state index in [9.17, 15) is 0 Å². The van der Waals surface area contributed by atoms with Crippen LogP contribution in [-0.4, -0.2) is 39.1 Å². The van der Waals surface area contributed by atoms with Crippen molar-refractivity contribution >= 4 is 11.8 Å². The molecule has 0 atom stereocenters. The van der Waals surface area contributed by atoms with Crippen LogP contribution >= 0.6 is 11.8 Å². The zero-order valence-electron chi connectivity index (χ0n) is 16.2. The van der Waals surface area contributed by atoms with Crippen molar-refractivity contribution in [2.45, 2.75) is 10.9 Å². The maximum atomic E-state index is 5.37. The van der Waals surface area contributed by atoms with Gasteiger partial charge in [-0.3, -0.25) is 0 Å². The van der Waals surface area contributed by atoms with Crippen molar-refractivity contribution < 1.29 is 14.0 Å². The van der Waals surface area contributed by atoms with Crippen LogP contribution in [0.2, 0.25) is 0 Å². The Kier molecular flexibility index (Phi) is 5.48. The first-order valence-corrected chi connectivity index (χ1v) is 9.80. The topological polar surface area (TPSA) is 88.1 Å². The van der Waals surface area contributed by atoms with Crippen LogP contribution in [0.4, 0.5) is 0 Å². The van der Waals surface area contributed by atoms with Gasteiger partial charge in [-0.25, -0.2) is 0 Å². The first-order valence-electron chi connectivity index (χ1n) is 8.81. The van der Waals surface area contributed by atoms with Gasteiger partial charge in [-0.15, -0.1) is 10.2 Å². The zero-order valence-corrected chi connectivity index (χ0v) is 17.0. The third-order valence-electron chi connectivity index (χ3n) is 4.32. The fourth-order valence-electron chi connectivity index (χ4n) is 2.72. The number of thioether (sulfide) groups is 1. The van der Waals surface area contributed by atoms with Crippen molar-refractivity contribution in [2.24, 2.45) is 7.05 Å². The van der Waals surface area contributed by atoms with Gasteiger partial charge in [0.05, 0.1) is 20.0 Å². The fourth-order valence-corrected chi connectivity index (χ4v) is 3.48. The molecule has 0 unspecified atom stereocenters. The summed E-state index contributed by atoms with van der Waals surface area (Å²) in [5, 5.41) is 13.4. The van der Waals surface area contributed by atoms with Crippen LogP contribution < -0.4 is 9.47 Å². The maximum Gasteiger partial charge on any atom is 0.257 e. The van der Waals surface area contributed by atoms with Gasteiger partial charge in [-0.1, -0.05) is 16.9 Å². The number of nitrogens with zero attached hydrogens (tertiary/aromatic N) is 5. The molecule has 148 valence electrons. The zero-order chi connectivity index (χ0) is 20.2. The van der Waals surface area contributed by atoms with E-state index in [1.54, 1.807) is 14.2 Å². The summed E-state index contributed by atoms with van der Waals surface area (Å²) in [6.07, 6.45) is 0. The van der Waals surface area contributed by atoms with Gasteiger partial charge in [-0.05, 0) is 48.5 Å². The van der Waals surface area contributed by atoms with Crippen LogP contribution in [-0.2, 0) is 12.8 Å². The molecule has 4 rings (SSSR count). The van der Waals surface area contributed by atoms with Crippen LogP contribution in [0.25, 0.3) is 22.8 Å². The molecule has 0 aliphatic heterocycles. The van der Waals surface area contributed by atoms with Gasteiger partial charge in [-0.2, -0.15) is 4.98 Å². The van der Waals surface area contributed by atoms with Gasteiger partial charge in [0.1, 0.15) is 11.5 Å². The molecule has 0 fully saturated rings. The Hall–Kier alpha value is -3.33. The minimum absolute atomic E-state index is 0.472. The van der Waals surface area contributed by atoms with Crippen molar-refractivity contribution in [3.05, 3.63) is 54.4 Å². The van der Waals surface area contributed by atoms with Crippen molar-refractivity contribution in [2.75, 3.05) is 14.2 Å². The first kappa shape index (κ1) is 19.0. The largest absolute Gasteiger partial charge is 0.497 e. The summed E-state index contributed by atoms with van der Waals surface area (Å²) in [5.74, 6) is 3.94. The van der Waals surface area contributed by atoms with E-state index in [4.69, 9.17) is 14.0 Å². The molecule has 2 heterocycles. The highest BCUT2D eigenvalue weighted by Gasteiger charge is 2.14. The number of ether oxygens (including phenoxy) is 2. The quantitative estimate of drug-likeness (QED) is 0.426. The second-order valence-corrected chi connectivity index (χ2v) is 7.07. The van der Waals surface area contributed by atoms with E-state index < -0.39 is 0 Å². The van der Waals surface area contributed by atoms with E-state index in [1.165, 1.54) is 11.8 Å². The number of aromatic nitrogens is 5. The minimum atomic E-state index is 0.472. The molecule has 0 amide bonds. The van der Waals surface area contributed by atoms with Crippen LogP contribution in [0.3, 0.4) is 0 Å². The summed E-state index contributed by atoms with van der Waals surface area (Å²) in [6.45, 7) is 0. The summed E-state index contributed by atoms with van der Waals surface area (Å²) in [5.41, 5.74) is 1.81. The lowest BCUT2D eigenvalue weighted by Crippen LogP contribution is -1.95. The monoisotopic (exact) mass is 409 g/mol. The third-order valence-corrected chi connectivity index (χ3v) is 5.33. The molecule has 0 N–H and O–H groups in total. The number of hydrogen-bond donors (Lipinski definition) is 0. The van der Waals surface area contributed by atoms with E-state index in [-0.39, 0.29) is 0 Å². The Balaban J connectivity index is 1.44. The Morgan fingerprint density at radius 3 is 2.14 bits per heavy atom. The number of hydrogen-bond acceptors (Lipinski definition) is 8. The van der Waals surface area contributed by atoms with Crippen molar-refractivity contribution in [3.8, 4) is 34.3 Å². The Morgan fingerprint density at radius 1 is 0.897 bits per heavy atom. The van der Waals surface area contributed by atoms with Gasteiger partial charge in [0.2, 0.25) is 0 Å². The van der Waals surface area contributed by atoms with Crippen LogP contribution in [0.1, 0.15) is 5.82 Å². The van der Waals surface area contributed by atoms with Crippen molar-refractivity contribution in [1.29, 1.82) is 0 Å². The Bertz CT molecular complexity index is 1090. The van der Waals surface area contributed by atoms with Gasteiger partial charge < -0.3 is 18.6 Å². The Morgan fingerprint density at radius 2 is 1.52 bits per heavy atom. The molecule has 0 bridgehead atoms. The lowest BCUT2D eigenvalue weighted by Gasteiger charge is -2.04. The molecular weight excluding hydrogens is 390 g/mol. The highest BCUT2D eigenvalue weighted by Crippen LogP contribution is 2.27. The molecule has 0 saturated heterocycles. The standard InChI is InChI=1S/C20H19N5O3S/c1-25-18(13-4-8-15(26-2)9-5-13)22-23-20(25)29-12-17-21-19(28-24-17)14-6-10-16(27-3)11-7-14/h4-11H,12H2,1-3H3. The predicted molar refractivity (Wildman–Crippen MR) is 109 cm³/mol. The van der Waals surface area contributed by atoms with Crippen LogP contribution in [0, 0.1) is 0 Å². The Labute approximate surface area is 171 Å². The molecule has 0 radical (unpaired) electrons. The summed E-state index contributed by atoms with van der Waals surface area (Å²) < 4.78 is 17.7.